The fraction of sp³-hybridized carbons (Fsp3) is 0.556. The van der Waals surface area contributed by atoms with Gasteiger partial charge >= 0.3 is 0 Å². The van der Waals surface area contributed by atoms with Crippen LogP contribution in [0.25, 0.3) is 0 Å². The van der Waals surface area contributed by atoms with Gasteiger partial charge in [-0.1, -0.05) is 6.07 Å². The number of hydrogen-bond acceptors (Lipinski definition) is 4. The van der Waals surface area contributed by atoms with E-state index < -0.39 is 0 Å². The molecule has 0 unspecified atom stereocenters. The molecule has 1 saturated heterocycles. The molecule has 6 nitrogen and oxygen atoms in total. The van der Waals surface area contributed by atoms with E-state index in [1.807, 2.05) is 6.92 Å². The van der Waals surface area contributed by atoms with E-state index >= 15 is 0 Å². The molecular formula is C18H27FN4O2. The maximum atomic E-state index is 13.6. The topological polar surface area (TPSA) is 55.9 Å². The first-order valence-electron chi connectivity index (χ1n) is 8.51. The predicted octanol–water partition coefficient (Wildman–Crippen LogP) is 1.17. The number of rotatable bonds is 5. The zero-order valence-electron chi connectivity index (χ0n) is 15.4. The lowest BCUT2D eigenvalue weighted by Crippen LogP contribution is -2.54. The van der Waals surface area contributed by atoms with Gasteiger partial charge < -0.3 is 10.2 Å². The third-order valence-electron chi connectivity index (χ3n) is 4.63. The molecule has 1 fully saturated rings. The first-order valence-corrected chi connectivity index (χ1v) is 8.51. The van der Waals surface area contributed by atoms with Crippen LogP contribution in [0, 0.1) is 12.7 Å². The van der Waals surface area contributed by atoms with Gasteiger partial charge in [-0.25, -0.2) is 4.39 Å². The molecule has 1 aromatic carbocycles. The first-order chi connectivity index (χ1) is 11.8. The lowest BCUT2D eigenvalue weighted by Gasteiger charge is -2.37. The molecule has 1 aromatic rings. The van der Waals surface area contributed by atoms with Crippen LogP contribution >= 0.6 is 0 Å². The molecular weight excluding hydrogens is 323 g/mol. The van der Waals surface area contributed by atoms with Crippen LogP contribution in [0.3, 0.4) is 0 Å². The summed E-state index contributed by atoms with van der Waals surface area (Å²) in [5.41, 5.74) is 1.02. The highest BCUT2D eigenvalue weighted by Crippen LogP contribution is 2.15. The Balaban J connectivity index is 1.84. The van der Waals surface area contributed by atoms with E-state index in [1.165, 1.54) is 6.07 Å². The number of nitrogens with zero attached hydrogens (tertiary/aromatic N) is 3. The van der Waals surface area contributed by atoms with E-state index in [4.69, 9.17) is 0 Å². The SMILES string of the molecule is Cc1ccc(NC(=O)[C@H](C)N2CCN(CC(=O)N(C)C)CC2)cc1F. The molecule has 1 N–H and O–H groups in total. The molecule has 0 aliphatic carbocycles. The third kappa shape index (κ3) is 5.24. The van der Waals surface area contributed by atoms with Crippen molar-refractivity contribution in [1.82, 2.24) is 14.7 Å². The summed E-state index contributed by atoms with van der Waals surface area (Å²) < 4.78 is 13.6. The second-order valence-electron chi connectivity index (χ2n) is 6.73. The van der Waals surface area contributed by atoms with Crippen LogP contribution in [-0.2, 0) is 9.59 Å². The summed E-state index contributed by atoms with van der Waals surface area (Å²) in [6, 6.07) is 4.38. The second kappa shape index (κ2) is 8.40. The summed E-state index contributed by atoms with van der Waals surface area (Å²) in [5.74, 6) is -0.397. The van der Waals surface area contributed by atoms with Crippen molar-refractivity contribution < 1.29 is 14.0 Å². The van der Waals surface area contributed by atoms with Crippen molar-refractivity contribution in [1.29, 1.82) is 0 Å². The Morgan fingerprint density at radius 2 is 1.88 bits per heavy atom. The van der Waals surface area contributed by atoms with Gasteiger partial charge in [-0.3, -0.25) is 19.4 Å². The molecule has 1 atom stereocenters. The average Bonchev–Trinajstić information content (AvgIpc) is 2.58. The third-order valence-corrected chi connectivity index (χ3v) is 4.63. The number of halogens is 1. The van der Waals surface area contributed by atoms with E-state index in [-0.39, 0.29) is 23.7 Å². The molecule has 138 valence electrons. The number of piperazine rings is 1. The monoisotopic (exact) mass is 350 g/mol. The van der Waals surface area contributed by atoms with E-state index in [9.17, 15) is 14.0 Å². The van der Waals surface area contributed by atoms with Gasteiger partial charge in [0, 0.05) is 46.0 Å². The molecule has 1 aliphatic rings. The Morgan fingerprint density at radius 3 is 2.44 bits per heavy atom. The lowest BCUT2D eigenvalue weighted by atomic mass is 10.2. The molecule has 1 heterocycles. The highest BCUT2D eigenvalue weighted by atomic mass is 19.1. The summed E-state index contributed by atoms with van der Waals surface area (Å²) in [4.78, 5) is 29.9. The quantitative estimate of drug-likeness (QED) is 0.866. The number of anilines is 1. The second-order valence-corrected chi connectivity index (χ2v) is 6.73. The number of carbonyl (C=O) groups is 2. The van der Waals surface area contributed by atoms with Crippen LogP contribution in [0.4, 0.5) is 10.1 Å². The van der Waals surface area contributed by atoms with Gasteiger partial charge in [0.25, 0.3) is 0 Å². The molecule has 1 aliphatic heterocycles. The van der Waals surface area contributed by atoms with Crippen molar-refractivity contribution in [2.45, 2.75) is 19.9 Å². The van der Waals surface area contributed by atoms with Crippen molar-refractivity contribution >= 4 is 17.5 Å². The van der Waals surface area contributed by atoms with E-state index in [0.29, 0.717) is 17.8 Å². The van der Waals surface area contributed by atoms with Gasteiger partial charge in [0.1, 0.15) is 5.82 Å². The van der Waals surface area contributed by atoms with Gasteiger partial charge in [0.15, 0.2) is 0 Å². The Bertz CT molecular complexity index is 628. The zero-order chi connectivity index (χ0) is 18.6. The van der Waals surface area contributed by atoms with Gasteiger partial charge in [0.05, 0.1) is 12.6 Å². The van der Waals surface area contributed by atoms with Crippen molar-refractivity contribution in [3.63, 3.8) is 0 Å². The van der Waals surface area contributed by atoms with Crippen LogP contribution in [-0.4, -0.2) is 79.4 Å². The first kappa shape index (κ1) is 19.3. The number of aryl methyl sites for hydroxylation is 1. The molecule has 0 saturated carbocycles. The number of likely N-dealkylation sites (N-methyl/N-ethyl adjacent to an activating group) is 1. The lowest BCUT2D eigenvalue weighted by molar-refractivity contribution is -0.131. The summed E-state index contributed by atoms with van der Waals surface area (Å²) in [6.45, 7) is 6.87. The fourth-order valence-electron chi connectivity index (χ4n) is 2.72. The minimum absolute atomic E-state index is 0.0839. The van der Waals surface area contributed by atoms with Crippen molar-refractivity contribution in [3.8, 4) is 0 Å². The fourth-order valence-corrected chi connectivity index (χ4v) is 2.72. The Hall–Kier alpha value is -1.99. The Kier molecular flexibility index (Phi) is 6.50. The number of carbonyl (C=O) groups excluding carboxylic acids is 2. The summed E-state index contributed by atoms with van der Waals surface area (Å²) in [5, 5.41) is 2.77. The standard InChI is InChI=1S/C18H27FN4O2/c1-13-5-6-15(11-16(13)19)20-18(25)14(2)23-9-7-22(8-10-23)12-17(24)21(3)4/h5-6,11,14H,7-10,12H2,1-4H3,(H,20,25)/t14-/m0/s1. The van der Waals surface area contributed by atoms with Crippen molar-refractivity contribution in [2.24, 2.45) is 0 Å². The smallest absolute Gasteiger partial charge is 0.241 e. The highest BCUT2D eigenvalue weighted by Gasteiger charge is 2.26. The van der Waals surface area contributed by atoms with Crippen LogP contribution < -0.4 is 5.32 Å². The Labute approximate surface area is 148 Å². The summed E-state index contributed by atoms with van der Waals surface area (Å²) >= 11 is 0. The van der Waals surface area contributed by atoms with Crippen LogP contribution in [0.1, 0.15) is 12.5 Å². The van der Waals surface area contributed by atoms with Gasteiger partial charge in [-0.2, -0.15) is 0 Å². The Morgan fingerprint density at radius 1 is 1.24 bits per heavy atom. The molecule has 2 amide bonds. The molecule has 0 spiro atoms. The van der Waals surface area contributed by atoms with Crippen molar-refractivity contribution in [3.05, 3.63) is 29.6 Å². The number of nitrogens with one attached hydrogen (secondary N) is 1. The number of amides is 2. The predicted molar refractivity (Wildman–Crippen MR) is 95.9 cm³/mol. The number of hydrogen-bond donors (Lipinski definition) is 1. The maximum Gasteiger partial charge on any atom is 0.241 e. The maximum absolute atomic E-state index is 13.6. The molecule has 0 aromatic heterocycles. The zero-order valence-corrected chi connectivity index (χ0v) is 15.4. The minimum Gasteiger partial charge on any atom is -0.348 e. The van der Waals surface area contributed by atoms with Crippen LogP contribution in [0.2, 0.25) is 0 Å². The van der Waals surface area contributed by atoms with E-state index in [2.05, 4.69) is 15.1 Å². The highest BCUT2D eigenvalue weighted by molar-refractivity contribution is 5.94. The number of benzene rings is 1. The molecule has 25 heavy (non-hydrogen) atoms. The minimum atomic E-state index is -0.329. The van der Waals surface area contributed by atoms with Gasteiger partial charge in [-0.15, -0.1) is 0 Å². The van der Waals surface area contributed by atoms with Gasteiger partial charge in [-0.05, 0) is 31.5 Å². The molecule has 7 heteroatoms. The van der Waals surface area contributed by atoms with E-state index in [0.717, 1.165) is 26.2 Å². The summed E-state index contributed by atoms with van der Waals surface area (Å²) in [7, 11) is 3.50. The molecule has 0 bridgehead atoms. The van der Waals surface area contributed by atoms with Crippen molar-refractivity contribution in [2.75, 3.05) is 52.1 Å². The largest absolute Gasteiger partial charge is 0.348 e. The average molecular weight is 350 g/mol. The van der Waals surface area contributed by atoms with Gasteiger partial charge in [0.2, 0.25) is 11.8 Å². The van der Waals surface area contributed by atoms with Crippen LogP contribution in [0.5, 0.6) is 0 Å². The van der Waals surface area contributed by atoms with E-state index in [1.54, 1.807) is 38.1 Å². The normalized spacial score (nSPS) is 17.2. The molecule has 2 rings (SSSR count). The molecule has 0 radical (unpaired) electrons. The van der Waals surface area contributed by atoms with Crippen LogP contribution in [0.15, 0.2) is 18.2 Å². The summed E-state index contributed by atoms with van der Waals surface area (Å²) in [6.07, 6.45) is 0.